The summed E-state index contributed by atoms with van der Waals surface area (Å²) in [6.45, 7) is 3.86. The van der Waals surface area contributed by atoms with Gasteiger partial charge in [0.05, 0.1) is 22.0 Å². The van der Waals surface area contributed by atoms with Crippen molar-refractivity contribution in [1.82, 2.24) is 19.4 Å². The van der Waals surface area contributed by atoms with Gasteiger partial charge in [-0.1, -0.05) is 24.3 Å². The van der Waals surface area contributed by atoms with Crippen molar-refractivity contribution in [3.8, 4) is 0 Å². The molecule has 2 aromatic carbocycles. The fourth-order valence-electron chi connectivity index (χ4n) is 4.81. The van der Waals surface area contributed by atoms with Crippen LogP contribution in [-0.4, -0.2) is 79.6 Å². The third-order valence-electron chi connectivity index (χ3n) is 6.72. The molecule has 1 aromatic heterocycles. The van der Waals surface area contributed by atoms with Gasteiger partial charge in [-0.25, -0.2) is 13.4 Å². The number of aromatic nitrogens is 2. The van der Waals surface area contributed by atoms with Crippen LogP contribution >= 0.6 is 0 Å². The average molecular weight is 538 g/mol. The molecule has 1 aliphatic heterocycles. The molecule has 0 saturated carbocycles. The second-order valence-corrected chi connectivity index (χ2v) is 12.1. The largest absolute Gasteiger partial charge is 0.337 e. The number of imidazole rings is 1. The zero-order chi connectivity index (χ0) is 27.4. The molecule has 0 radical (unpaired) electrons. The number of para-hydroxylation sites is 1. The molecule has 0 bridgehead atoms. The molecular weight excluding hydrogens is 502 g/mol. The molecule has 2 heterocycles. The van der Waals surface area contributed by atoms with Gasteiger partial charge >= 0.3 is 0 Å². The number of nitrogens with zero attached hydrogens (tertiary/aromatic N) is 4. The predicted molar refractivity (Wildman–Crippen MR) is 149 cm³/mol. The van der Waals surface area contributed by atoms with E-state index >= 15 is 0 Å². The molecule has 1 N–H and O–H groups in total. The summed E-state index contributed by atoms with van der Waals surface area (Å²) in [4.78, 5) is 35.0. The van der Waals surface area contributed by atoms with Gasteiger partial charge in [0.25, 0.3) is 5.91 Å². The summed E-state index contributed by atoms with van der Waals surface area (Å²) in [5.41, 5.74) is 2.91. The minimum absolute atomic E-state index is 0.0249. The summed E-state index contributed by atoms with van der Waals surface area (Å²) in [7, 11) is 0.450. The fourth-order valence-corrected chi connectivity index (χ4v) is 5.47. The van der Waals surface area contributed by atoms with Crippen LogP contribution in [-0.2, 0) is 14.6 Å². The Labute approximate surface area is 224 Å². The summed E-state index contributed by atoms with van der Waals surface area (Å²) in [5, 5.41) is 2.93. The number of hydrogen-bond donors (Lipinski definition) is 1. The first-order valence-corrected chi connectivity index (χ1v) is 14.6. The van der Waals surface area contributed by atoms with Gasteiger partial charge in [-0.2, -0.15) is 0 Å². The van der Waals surface area contributed by atoms with Gasteiger partial charge in [-0.15, -0.1) is 0 Å². The molecule has 10 heteroatoms. The number of fused-ring (bicyclic) bond motifs is 1. The normalized spacial score (nSPS) is 16.8. The highest BCUT2D eigenvalue weighted by Gasteiger charge is 2.27. The lowest BCUT2D eigenvalue weighted by molar-refractivity contribution is -0.126. The minimum Gasteiger partial charge on any atom is -0.337 e. The van der Waals surface area contributed by atoms with Gasteiger partial charge in [0.1, 0.15) is 0 Å². The third kappa shape index (κ3) is 6.31. The topological polar surface area (TPSA) is 105 Å². The van der Waals surface area contributed by atoms with Gasteiger partial charge in [0.15, 0.2) is 9.84 Å². The quantitative estimate of drug-likeness (QED) is 0.461. The number of likely N-dealkylation sites (N-methyl/N-ethyl adjacent to an activating group) is 1. The summed E-state index contributed by atoms with van der Waals surface area (Å²) < 4.78 is 26.1. The number of rotatable bonds is 7. The highest BCUT2D eigenvalue weighted by molar-refractivity contribution is 7.90. The first kappa shape index (κ1) is 27.5. The number of hydrogen-bond acceptors (Lipinski definition) is 6. The fraction of sp³-hybridized carbons (Fsp3) is 0.393. The first-order valence-electron chi connectivity index (χ1n) is 12.7. The highest BCUT2D eigenvalue weighted by Crippen LogP contribution is 2.32. The number of likely N-dealkylation sites (tertiary alicyclic amines) is 1. The third-order valence-corrected chi connectivity index (χ3v) is 7.83. The Balaban J connectivity index is 1.69. The standard InChI is InChI=1S/C28H35N5O4S/c1-20-10-7-14-24-26(20)33(22-12-5-6-17-32(19-22)25(34)15-9-16-31(2)3)28(29-24)30-27(35)21-11-8-13-23(18-21)38(4,36)37/h7-11,13-15,18,22H,5-6,12,16-17,19H2,1-4H3,(H,29,30,35)/b15-9+. The van der Waals surface area contributed by atoms with Crippen LogP contribution in [0.3, 0.4) is 0 Å². The van der Waals surface area contributed by atoms with Crippen molar-refractivity contribution in [2.45, 2.75) is 37.1 Å². The van der Waals surface area contributed by atoms with E-state index in [2.05, 4.69) is 5.32 Å². The summed E-state index contributed by atoms with van der Waals surface area (Å²) in [6.07, 6.45) is 7.28. The molecule has 9 nitrogen and oxygen atoms in total. The zero-order valence-electron chi connectivity index (χ0n) is 22.3. The zero-order valence-corrected chi connectivity index (χ0v) is 23.2. The van der Waals surface area contributed by atoms with Gasteiger partial charge in [0, 0.05) is 37.5 Å². The Bertz CT molecular complexity index is 1480. The number of benzene rings is 2. The van der Waals surface area contributed by atoms with Crippen molar-refractivity contribution in [2.24, 2.45) is 0 Å². The molecular formula is C28H35N5O4S. The number of nitrogens with one attached hydrogen (secondary N) is 1. The Morgan fingerprint density at radius 2 is 1.92 bits per heavy atom. The van der Waals surface area contributed by atoms with Crippen LogP contribution in [0.2, 0.25) is 0 Å². The first-order chi connectivity index (χ1) is 18.0. The Morgan fingerprint density at radius 1 is 1.16 bits per heavy atom. The number of anilines is 1. The van der Waals surface area contributed by atoms with Crippen LogP contribution < -0.4 is 5.32 Å². The van der Waals surface area contributed by atoms with Crippen LogP contribution in [0, 0.1) is 6.92 Å². The molecule has 4 rings (SSSR count). The summed E-state index contributed by atoms with van der Waals surface area (Å²) in [5.74, 6) is -0.0903. The van der Waals surface area contributed by atoms with Crippen LogP contribution in [0.5, 0.6) is 0 Å². The second-order valence-electron chi connectivity index (χ2n) is 10.1. The van der Waals surface area contributed by atoms with Crippen molar-refractivity contribution < 1.29 is 18.0 Å². The Morgan fingerprint density at radius 3 is 2.66 bits per heavy atom. The lowest BCUT2D eigenvalue weighted by Gasteiger charge is -2.26. The smallest absolute Gasteiger partial charge is 0.258 e. The van der Waals surface area contributed by atoms with Crippen LogP contribution in [0.15, 0.2) is 59.5 Å². The van der Waals surface area contributed by atoms with E-state index in [-0.39, 0.29) is 22.4 Å². The number of aryl methyl sites for hydroxylation is 1. The SMILES string of the molecule is Cc1cccc2nc(NC(=O)c3cccc(S(C)(=O)=O)c3)n(C3CCCCN(C(=O)/C=C/CN(C)C)C3)c12. The van der Waals surface area contributed by atoms with E-state index in [4.69, 9.17) is 4.98 Å². The molecule has 1 unspecified atom stereocenters. The predicted octanol–water partition coefficient (Wildman–Crippen LogP) is 3.67. The van der Waals surface area contributed by atoms with Crippen molar-refractivity contribution >= 4 is 38.6 Å². The molecule has 2 amide bonds. The highest BCUT2D eigenvalue weighted by atomic mass is 32.2. The van der Waals surface area contributed by atoms with E-state index < -0.39 is 15.7 Å². The average Bonchev–Trinajstić information content (AvgIpc) is 3.05. The van der Waals surface area contributed by atoms with Gasteiger partial charge < -0.3 is 14.4 Å². The van der Waals surface area contributed by atoms with E-state index in [0.717, 1.165) is 42.1 Å². The second kappa shape index (κ2) is 11.5. The van der Waals surface area contributed by atoms with Crippen LogP contribution in [0.4, 0.5) is 5.95 Å². The molecule has 0 spiro atoms. The van der Waals surface area contributed by atoms with Gasteiger partial charge in [-0.05, 0) is 70.1 Å². The monoisotopic (exact) mass is 537 g/mol. The molecule has 0 aliphatic carbocycles. The Hall–Kier alpha value is -3.50. The number of sulfone groups is 1. The summed E-state index contributed by atoms with van der Waals surface area (Å²) in [6, 6.07) is 11.7. The molecule has 1 atom stereocenters. The molecule has 202 valence electrons. The van der Waals surface area contributed by atoms with Crippen LogP contribution in [0.1, 0.15) is 41.2 Å². The van der Waals surface area contributed by atoms with E-state index in [0.29, 0.717) is 25.6 Å². The van der Waals surface area contributed by atoms with E-state index in [1.807, 2.05) is 59.7 Å². The maximum atomic E-state index is 13.3. The van der Waals surface area contributed by atoms with Gasteiger partial charge in [-0.3, -0.25) is 14.9 Å². The maximum absolute atomic E-state index is 13.3. The van der Waals surface area contributed by atoms with Crippen molar-refractivity contribution in [2.75, 3.05) is 45.3 Å². The van der Waals surface area contributed by atoms with Crippen molar-refractivity contribution in [3.05, 3.63) is 65.7 Å². The number of carbonyl (C=O) groups is 2. The van der Waals surface area contributed by atoms with Gasteiger partial charge in [0.2, 0.25) is 11.9 Å². The van der Waals surface area contributed by atoms with Crippen molar-refractivity contribution in [3.63, 3.8) is 0 Å². The molecule has 1 aliphatic rings. The molecule has 38 heavy (non-hydrogen) atoms. The molecule has 1 fully saturated rings. The van der Waals surface area contributed by atoms with Crippen LogP contribution in [0.25, 0.3) is 11.0 Å². The van der Waals surface area contributed by atoms with E-state index in [9.17, 15) is 18.0 Å². The molecule has 1 saturated heterocycles. The van der Waals surface area contributed by atoms with Crippen molar-refractivity contribution in [1.29, 1.82) is 0 Å². The lowest BCUT2D eigenvalue weighted by atomic mass is 10.1. The Kier molecular flexibility index (Phi) is 8.32. The van der Waals surface area contributed by atoms with E-state index in [1.165, 1.54) is 12.1 Å². The lowest BCUT2D eigenvalue weighted by Crippen LogP contribution is -2.35. The number of amides is 2. The summed E-state index contributed by atoms with van der Waals surface area (Å²) >= 11 is 0. The molecule has 3 aromatic rings. The van der Waals surface area contributed by atoms with E-state index in [1.54, 1.807) is 18.2 Å². The number of carbonyl (C=O) groups excluding carboxylic acids is 2. The maximum Gasteiger partial charge on any atom is 0.258 e. The minimum atomic E-state index is -3.46.